The Balaban J connectivity index is 4.31. The van der Waals surface area contributed by atoms with Crippen LogP contribution in [0.2, 0.25) is 0 Å². The highest BCUT2D eigenvalue weighted by Crippen LogP contribution is 2.16. The van der Waals surface area contributed by atoms with E-state index in [9.17, 15) is 14.4 Å². The monoisotopic (exact) mass is 941 g/mol. The maximum atomic E-state index is 12.8. The zero-order chi connectivity index (χ0) is 48.6. The zero-order valence-electron chi connectivity index (χ0n) is 44.9. The summed E-state index contributed by atoms with van der Waals surface area (Å²) in [5, 5.41) is 0. The van der Waals surface area contributed by atoms with Crippen molar-refractivity contribution >= 4 is 17.9 Å². The third-order valence-electron chi connectivity index (χ3n) is 13.1. The van der Waals surface area contributed by atoms with Gasteiger partial charge >= 0.3 is 17.9 Å². The van der Waals surface area contributed by atoms with Gasteiger partial charge in [0, 0.05) is 19.3 Å². The van der Waals surface area contributed by atoms with E-state index in [0.717, 1.165) is 83.5 Å². The Labute approximate surface area is 416 Å². The van der Waals surface area contributed by atoms with Crippen molar-refractivity contribution in [3.63, 3.8) is 0 Å². The number of unbranched alkanes of at least 4 members (excludes halogenated alkanes) is 37. The molecule has 0 aromatic heterocycles. The highest BCUT2D eigenvalue weighted by molar-refractivity contribution is 5.71. The van der Waals surface area contributed by atoms with Gasteiger partial charge in [0.05, 0.1) is 0 Å². The minimum absolute atomic E-state index is 0.0750. The molecular formula is C61H112O6. The molecule has 0 heterocycles. The predicted octanol–water partition coefficient (Wildman–Crippen LogP) is 19.7. The first-order chi connectivity index (χ1) is 33.0. The van der Waals surface area contributed by atoms with Crippen LogP contribution in [0.4, 0.5) is 0 Å². The lowest BCUT2D eigenvalue weighted by Crippen LogP contribution is -2.30. The van der Waals surface area contributed by atoms with Gasteiger partial charge in [-0.2, -0.15) is 0 Å². The van der Waals surface area contributed by atoms with E-state index in [2.05, 4.69) is 57.2 Å². The number of rotatable bonds is 54. The standard InChI is InChI=1S/C61H112O6/c1-4-7-10-13-16-19-22-25-27-29-30-31-32-33-35-36-39-42-45-48-51-54-60(63)66-57-58(56-65-59(62)53-50-47-44-41-38-24-21-18-15-12-9-6-3)67-61(64)55-52-49-46-43-40-37-34-28-26-23-20-17-14-11-8-5-2/h20,23,28-30,34,58H,4-19,21-22,24-27,31-33,35-57H2,1-3H3/b23-20-,30-29-,34-28-. The van der Waals surface area contributed by atoms with Crippen LogP contribution in [-0.4, -0.2) is 37.2 Å². The van der Waals surface area contributed by atoms with E-state index in [-0.39, 0.29) is 31.1 Å². The lowest BCUT2D eigenvalue weighted by Gasteiger charge is -2.18. The SMILES string of the molecule is CCCCCC/C=C\C/C=C\CCCCCCCC(=O)OC(COC(=O)CCCCCCCCCCC/C=C\CCCCCCCCCC)COC(=O)CCCCCCCCCCCCCC. The Kier molecular flexibility index (Phi) is 54.2. The van der Waals surface area contributed by atoms with Crippen molar-refractivity contribution in [2.24, 2.45) is 0 Å². The molecule has 67 heavy (non-hydrogen) atoms. The number of hydrogen-bond acceptors (Lipinski definition) is 6. The molecule has 1 atom stereocenters. The summed E-state index contributed by atoms with van der Waals surface area (Å²) in [5.41, 5.74) is 0. The van der Waals surface area contributed by atoms with Crippen LogP contribution < -0.4 is 0 Å². The number of allylic oxidation sites excluding steroid dienone is 6. The summed E-state index contributed by atoms with van der Waals surface area (Å²) in [6.45, 7) is 6.64. The Morgan fingerprint density at radius 3 is 0.851 bits per heavy atom. The van der Waals surface area contributed by atoms with Crippen molar-refractivity contribution < 1.29 is 28.6 Å². The molecule has 0 aromatic rings. The van der Waals surface area contributed by atoms with E-state index in [4.69, 9.17) is 14.2 Å². The quantitative estimate of drug-likeness (QED) is 0.0262. The van der Waals surface area contributed by atoms with Crippen molar-refractivity contribution in [2.45, 2.75) is 322 Å². The van der Waals surface area contributed by atoms with Gasteiger partial charge in [0.1, 0.15) is 13.2 Å². The fourth-order valence-electron chi connectivity index (χ4n) is 8.65. The van der Waals surface area contributed by atoms with Gasteiger partial charge < -0.3 is 14.2 Å². The van der Waals surface area contributed by atoms with Gasteiger partial charge in [-0.15, -0.1) is 0 Å². The summed E-state index contributed by atoms with van der Waals surface area (Å²) in [4.78, 5) is 38.1. The van der Waals surface area contributed by atoms with Gasteiger partial charge in [-0.1, -0.05) is 256 Å². The molecule has 0 rings (SSSR count). The third-order valence-corrected chi connectivity index (χ3v) is 13.1. The Morgan fingerprint density at radius 1 is 0.299 bits per heavy atom. The number of carbonyl (C=O) groups is 3. The topological polar surface area (TPSA) is 78.9 Å². The van der Waals surface area contributed by atoms with E-state index in [1.165, 1.54) is 193 Å². The molecule has 6 heteroatoms. The first-order valence-electron chi connectivity index (χ1n) is 29.5. The second-order valence-corrected chi connectivity index (χ2v) is 19.9. The molecule has 0 aromatic carbocycles. The molecular weight excluding hydrogens is 829 g/mol. The molecule has 1 unspecified atom stereocenters. The van der Waals surface area contributed by atoms with Gasteiger partial charge in [0.25, 0.3) is 0 Å². The fraction of sp³-hybridized carbons (Fsp3) is 0.852. The normalized spacial score (nSPS) is 12.2. The zero-order valence-corrected chi connectivity index (χ0v) is 44.9. The molecule has 0 aliphatic carbocycles. The summed E-state index contributed by atoms with van der Waals surface area (Å²) < 4.78 is 16.9. The molecule has 0 bridgehead atoms. The maximum absolute atomic E-state index is 12.8. The second kappa shape index (κ2) is 56.2. The van der Waals surface area contributed by atoms with Crippen LogP contribution in [0.3, 0.4) is 0 Å². The van der Waals surface area contributed by atoms with Crippen molar-refractivity contribution in [1.82, 2.24) is 0 Å². The molecule has 0 aliphatic rings. The average molecular weight is 942 g/mol. The molecule has 6 nitrogen and oxygen atoms in total. The maximum Gasteiger partial charge on any atom is 0.306 e. The molecule has 0 saturated heterocycles. The number of carbonyl (C=O) groups excluding carboxylic acids is 3. The van der Waals surface area contributed by atoms with Crippen LogP contribution in [0.1, 0.15) is 316 Å². The minimum Gasteiger partial charge on any atom is -0.462 e. The molecule has 0 aliphatic heterocycles. The van der Waals surface area contributed by atoms with Crippen LogP contribution in [0.5, 0.6) is 0 Å². The summed E-state index contributed by atoms with van der Waals surface area (Å²) >= 11 is 0. The van der Waals surface area contributed by atoms with Gasteiger partial charge in [0.15, 0.2) is 6.10 Å². The molecule has 0 amide bonds. The van der Waals surface area contributed by atoms with E-state index in [1.54, 1.807) is 0 Å². The molecule has 0 saturated carbocycles. The fourth-order valence-corrected chi connectivity index (χ4v) is 8.65. The van der Waals surface area contributed by atoms with Crippen LogP contribution in [0, 0.1) is 0 Å². The van der Waals surface area contributed by atoms with Crippen molar-refractivity contribution in [3.05, 3.63) is 36.5 Å². The predicted molar refractivity (Wildman–Crippen MR) is 289 cm³/mol. The smallest absolute Gasteiger partial charge is 0.306 e. The first kappa shape index (κ1) is 64.6. The summed E-state index contributed by atoms with van der Waals surface area (Å²) in [5.74, 6) is -0.874. The van der Waals surface area contributed by atoms with Gasteiger partial charge in [-0.25, -0.2) is 0 Å². The number of hydrogen-bond donors (Lipinski definition) is 0. The molecule has 392 valence electrons. The van der Waals surface area contributed by atoms with Crippen LogP contribution >= 0.6 is 0 Å². The van der Waals surface area contributed by atoms with Crippen LogP contribution in [0.25, 0.3) is 0 Å². The van der Waals surface area contributed by atoms with Gasteiger partial charge in [0.2, 0.25) is 0 Å². The Hall–Kier alpha value is -2.37. The van der Waals surface area contributed by atoms with E-state index in [1.807, 2.05) is 0 Å². The van der Waals surface area contributed by atoms with E-state index in [0.29, 0.717) is 19.3 Å². The van der Waals surface area contributed by atoms with Crippen molar-refractivity contribution in [2.75, 3.05) is 13.2 Å². The van der Waals surface area contributed by atoms with Gasteiger partial charge in [-0.3, -0.25) is 14.4 Å². The van der Waals surface area contributed by atoms with E-state index >= 15 is 0 Å². The van der Waals surface area contributed by atoms with Gasteiger partial charge in [-0.05, 0) is 77.0 Å². The average Bonchev–Trinajstić information content (AvgIpc) is 3.33. The van der Waals surface area contributed by atoms with E-state index < -0.39 is 6.10 Å². The first-order valence-corrected chi connectivity index (χ1v) is 29.5. The Bertz CT molecular complexity index is 1130. The molecule has 0 spiro atoms. The third kappa shape index (κ3) is 54.4. The number of esters is 3. The lowest BCUT2D eigenvalue weighted by atomic mass is 10.0. The molecule has 0 radical (unpaired) electrons. The van der Waals surface area contributed by atoms with Crippen molar-refractivity contribution in [3.8, 4) is 0 Å². The van der Waals surface area contributed by atoms with Crippen molar-refractivity contribution in [1.29, 1.82) is 0 Å². The highest BCUT2D eigenvalue weighted by Gasteiger charge is 2.19. The summed E-state index contributed by atoms with van der Waals surface area (Å²) in [6, 6.07) is 0. The Morgan fingerprint density at radius 2 is 0.537 bits per heavy atom. The number of ether oxygens (including phenoxy) is 3. The van der Waals surface area contributed by atoms with Crippen LogP contribution in [0.15, 0.2) is 36.5 Å². The highest BCUT2D eigenvalue weighted by atomic mass is 16.6. The second-order valence-electron chi connectivity index (χ2n) is 19.9. The van der Waals surface area contributed by atoms with Crippen LogP contribution in [-0.2, 0) is 28.6 Å². The molecule has 0 fully saturated rings. The summed E-state index contributed by atoms with van der Waals surface area (Å²) in [6.07, 6.45) is 67.1. The largest absolute Gasteiger partial charge is 0.462 e. The minimum atomic E-state index is -0.777. The summed E-state index contributed by atoms with van der Waals surface area (Å²) in [7, 11) is 0. The lowest BCUT2D eigenvalue weighted by molar-refractivity contribution is -0.167. The molecule has 0 N–H and O–H groups in total.